The first-order valence-corrected chi connectivity index (χ1v) is 7.61. The van der Waals surface area contributed by atoms with Crippen LogP contribution in [0.3, 0.4) is 0 Å². The van der Waals surface area contributed by atoms with Gasteiger partial charge in [0.15, 0.2) is 0 Å². The van der Waals surface area contributed by atoms with Gasteiger partial charge in [-0.15, -0.1) is 11.3 Å². The topological polar surface area (TPSA) is 74.7 Å². The molecule has 0 saturated carbocycles. The molecule has 0 atom stereocenters. The monoisotopic (exact) mass is 365 g/mol. The fourth-order valence-corrected chi connectivity index (χ4v) is 3.61. The van der Waals surface area contributed by atoms with Crippen LogP contribution in [-0.2, 0) is 6.54 Å². The molecule has 2 heterocycles. The SMILES string of the molecule is O=C(O)c1ccc2c(c1)C(=O)N(Cc1sccc1Br)C2=O. The Morgan fingerprint density at radius 2 is 1.90 bits per heavy atom. The Morgan fingerprint density at radius 1 is 1.19 bits per heavy atom. The highest BCUT2D eigenvalue weighted by atomic mass is 79.9. The second-order valence-electron chi connectivity index (χ2n) is 4.45. The van der Waals surface area contributed by atoms with Crippen LogP contribution in [0.5, 0.6) is 0 Å². The van der Waals surface area contributed by atoms with Crippen molar-refractivity contribution in [1.82, 2.24) is 4.90 Å². The number of fused-ring (bicyclic) bond motifs is 1. The van der Waals surface area contributed by atoms with Crippen LogP contribution in [0, 0.1) is 0 Å². The molecule has 0 bridgehead atoms. The molecule has 1 N–H and O–H groups in total. The lowest BCUT2D eigenvalue weighted by molar-refractivity contribution is 0.0642. The maximum absolute atomic E-state index is 12.3. The molecule has 3 rings (SSSR count). The maximum Gasteiger partial charge on any atom is 0.335 e. The number of amides is 2. The third-order valence-corrected chi connectivity index (χ3v) is 5.12. The second-order valence-corrected chi connectivity index (χ2v) is 6.31. The van der Waals surface area contributed by atoms with Crippen LogP contribution < -0.4 is 0 Å². The van der Waals surface area contributed by atoms with Crippen molar-refractivity contribution in [3.05, 3.63) is 55.7 Å². The third kappa shape index (κ3) is 2.28. The van der Waals surface area contributed by atoms with Gasteiger partial charge in [-0.05, 0) is 45.6 Å². The number of imide groups is 1. The number of carboxylic acid groups (broad SMARTS) is 1. The molecule has 0 radical (unpaired) electrons. The summed E-state index contributed by atoms with van der Waals surface area (Å²) in [5.74, 6) is -1.98. The normalized spacial score (nSPS) is 13.7. The second kappa shape index (κ2) is 5.09. The van der Waals surface area contributed by atoms with Gasteiger partial charge < -0.3 is 5.11 Å². The molecule has 7 heteroatoms. The fraction of sp³-hybridized carbons (Fsp3) is 0.0714. The number of benzene rings is 1. The molecule has 1 aromatic heterocycles. The Labute approximate surface area is 131 Å². The van der Waals surface area contributed by atoms with Crippen LogP contribution in [0.25, 0.3) is 0 Å². The summed E-state index contributed by atoms with van der Waals surface area (Å²) in [5, 5.41) is 10.8. The van der Waals surface area contributed by atoms with Gasteiger partial charge in [-0.3, -0.25) is 14.5 Å². The predicted octanol–water partition coefficient (Wildman–Crippen LogP) is 3.01. The van der Waals surface area contributed by atoms with E-state index >= 15 is 0 Å². The van der Waals surface area contributed by atoms with Crippen LogP contribution >= 0.6 is 27.3 Å². The van der Waals surface area contributed by atoms with Crippen molar-refractivity contribution < 1.29 is 19.5 Å². The summed E-state index contributed by atoms with van der Waals surface area (Å²) >= 11 is 4.80. The highest BCUT2D eigenvalue weighted by Crippen LogP contribution is 2.29. The average molecular weight is 366 g/mol. The Bertz CT molecular complexity index is 783. The van der Waals surface area contributed by atoms with Crippen LogP contribution in [0.1, 0.15) is 36.0 Å². The van der Waals surface area contributed by atoms with Gasteiger partial charge in [-0.2, -0.15) is 0 Å². The highest BCUT2D eigenvalue weighted by Gasteiger charge is 2.36. The van der Waals surface area contributed by atoms with E-state index in [0.717, 1.165) is 14.2 Å². The van der Waals surface area contributed by atoms with Crippen molar-refractivity contribution in [1.29, 1.82) is 0 Å². The summed E-state index contributed by atoms with van der Waals surface area (Å²) in [6, 6.07) is 5.82. The summed E-state index contributed by atoms with van der Waals surface area (Å²) < 4.78 is 0.843. The molecule has 1 aliphatic heterocycles. The molecule has 0 unspecified atom stereocenters. The summed E-state index contributed by atoms with van der Waals surface area (Å²) in [6.07, 6.45) is 0. The Kier molecular flexibility index (Phi) is 3.38. The molecule has 2 aromatic rings. The van der Waals surface area contributed by atoms with E-state index in [2.05, 4.69) is 15.9 Å². The van der Waals surface area contributed by atoms with Gasteiger partial charge in [0.25, 0.3) is 11.8 Å². The lowest BCUT2D eigenvalue weighted by atomic mass is 10.1. The van der Waals surface area contributed by atoms with Gasteiger partial charge in [0, 0.05) is 9.35 Å². The highest BCUT2D eigenvalue weighted by molar-refractivity contribution is 9.10. The van der Waals surface area contributed by atoms with Gasteiger partial charge in [0.1, 0.15) is 0 Å². The van der Waals surface area contributed by atoms with Crippen LogP contribution in [0.2, 0.25) is 0 Å². The Morgan fingerprint density at radius 3 is 2.52 bits per heavy atom. The number of nitrogens with zero attached hydrogens (tertiary/aromatic N) is 1. The molecular formula is C14H8BrNO4S. The number of carbonyl (C=O) groups is 3. The quantitative estimate of drug-likeness (QED) is 0.848. The third-order valence-electron chi connectivity index (χ3n) is 3.21. The summed E-state index contributed by atoms with van der Waals surface area (Å²) in [7, 11) is 0. The Hall–Kier alpha value is -1.99. The van der Waals surface area contributed by atoms with E-state index in [-0.39, 0.29) is 23.2 Å². The zero-order valence-corrected chi connectivity index (χ0v) is 12.9. The smallest absolute Gasteiger partial charge is 0.335 e. The number of aromatic carboxylic acids is 1. The average Bonchev–Trinajstić information content (AvgIpc) is 2.96. The van der Waals surface area contributed by atoms with E-state index in [1.54, 1.807) is 0 Å². The zero-order chi connectivity index (χ0) is 15.1. The van der Waals surface area contributed by atoms with Crippen LogP contribution in [0.15, 0.2) is 34.1 Å². The van der Waals surface area contributed by atoms with Crippen molar-refractivity contribution >= 4 is 45.1 Å². The summed E-state index contributed by atoms with van der Waals surface area (Å²) in [6.45, 7) is 0.174. The van der Waals surface area contributed by atoms with Crippen molar-refractivity contribution in [2.75, 3.05) is 0 Å². The first-order chi connectivity index (χ1) is 9.99. The lowest BCUT2D eigenvalue weighted by Gasteiger charge is -2.12. The standard InChI is InChI=1S/C14H8BrNO4S/c15-10-3-4-21-11(10)6-16-12(17)8-2-1-7(14(19)20)5-9(8)13(16)18/h1-5H,6H2,(H,19,20). The molecule has 1 aromatic carbocycles. The molecule has 5 nitrogen and oxygen atoms in total. The van der Waals surface area contributed by atoms with Gasteiger partial charge in [0.2, 0.25) is 0 Å². The van der Waals surface area contributed by atoms with E-state index in [4.69, 9.17) is 5.11 Å². The first kappa shape index (κ1) is 14.0. The van der Waals surface area contributed by atoms with Crippen molar-refractivity contribution in [3.8, 4) is 0 Å². The number of rotatable bonds is 3. The van der Waals surface area contributed by atoms with E-state index in [9.17, 15) is 14.4 Å². The fourth-order valence-electron chi connectivity index (χ4n) is 2.15. The molecule has 0 fully saturated rings. The molecule has 0 aliphatic carbocycles. The largest absolute Gasteiger partial charge is 0.478 e. The van der Waals surface area contributed by atoms with Gasteiger partial charge in [-0.25, -0.2) is 4.79 Å². The van der Waals surface area contributed by atoms with Crippen molar-refractivity contribution in [2.24, 2.45) is 0 Å². The predicted molar refractivity (Wildman–Crippen MR) is 79.6 cm³/mol. The lowest BCUT2D eigenvalue weighted by Crippen LogP contribution is -2.28. The van der Waals surface area contributed by atoms with Crippen molar-refractivity contribution in [2.45, 2.75) is 6.54 Å². The van der Waals surface area contributed by atoms with Gasteiger partial charge >= 0.3 is 5.97 Å². The molecular weight excluding hydrogens is 358 g/mol. The van der Waals surface area contributed by atoms with Crippen molar-refractivity contribution in [3.63, 3.8) is 0 Å². The van der Waals surface area contributed by atoms with E-state index in [0.29, 0.717) is 0 Å². The van der Waals surface area contributed by atoms with E-state index in [1.165, 1.54) is 29.5 Å². The first-order valence-electron chi connectivity index (χ1n) is 5.94. The minimum Gasteiger partial charge on any atom is -0.478 e. The number of carbonyl (C=O) groups excluding carboxylic acids is 2. The van der Waals surface area contributed by atoms with Gasteiger partial charge in [0.05, 0.1) is 23.2 Å². The molecule has 106 valence electrons. The van der Waals surface area contributed by atoms with Crippen LogP contribution in [-0.4, -0.2) is 27.8 Å². The molecule has 0 spiro atoms. The molecule has 2 amide bonds. The number of hydrogen-bond donors (Lipinski definition) is 1. The number of carboxylic acids is 1. The number of halogens is 1. The Balaban J connectivity index is 1.97. The molecule has 1 aliphatic rings. The minimum absolute atomic E-state index is 0.00551. The van der Waals surface area contributed by atoms with Gasteiger partial charge in [-0.1, -0.05) is 0 Å². The summed E-state index contributed by atoms with van der Waals surface area (Å²) in [4.78, 5) is 37.5. The van der Waals surface area contributed by atoms with E-state index < -0.39 is 17.8 Å². The molecule has 21 heavy (non-hydrogen) atoms. The summed E-state index contributed by atoms with van der Waals surface area (Å²) in [5.41, 5.74) is 0.388. The number of hydrogen-bond acceptors (Lipinski definition) is 4. The maximum atomic E-state index is 12.3. The minimum atomic E-state index is -1.13. The van der Waals surface area contributed by atoms with Crippen LogP contribution in [0.4, 0.5) is 0 Å². The zero-order valence-electron chi connectivity index (χ0n) is 10.5. The number of thiophene rings is 1. The molecule has 0 saturated heterocycles. The van der Waals surface area contributed by atoms with E-state index in [1.807, 2.05) is 11.4 Å².